The standard InChI is InChI=1S/C10H15N3O4S/c14-18(15,9-11-3-4-12-9)13-5-1-10(2-6-13)16-7-8-17-10/h3-4H,1-2,5-8H2,(H,11,12). The van der Waals surface area contributed by atoms with Gasteiger partial charge >= 0.3 is 0 Å². The molecule has 1 N–H and O–H groups in total. The summed E-state index contributed by atoms with van der Waals surface area (Å²) in [4.78, 5) is 6.44. The van der Waals surface area contributed by atoms with Gasteiger partial charge in [0.25, 0.3) is 10.0 Å². The highest BCUT2D eigenvalue weighted by Crippen LogP contribution is 2.32. The number of imidazole rings is 1. The molecular weight excluding hydrogens is 258 g/mol. The number of aromatic amines is 1. The topological polar surface area (TPSA) is 84.5 Å². The van der Waals surface area contributed by atoms with E-state index >= 15 is 0 Å². The molecule has 8 heteroatoms. The molecule has 100 valence electrons. The summed E-state index contributed by atoms with van der Waals surface area (Å²) in [6, 6.07) is 0. The van der Waals surface area contributed by atoms with Crippen molar-refractivity contribution in [3.8, 4) is 0 Å². The van der Waals surface area contributed by atoms with Crippen LogP contribution in [0.4, 0.5) is 0 Å². The van der Waals surface area contributed by atoms with Crippen molar-refractivity contribution in [1.29, 1.82) is 0 Å². The summed E-state index contributed by atoms with van der Waals surface area (Å²) in [5.74, 6) is -0.560. The number of ether oxygens (including phenoxy) is 2. The van der Waals surface area contributed by atoms with Crippen LogP contribution in [0.25, 0.3) is 0 Å². The first-order chi connectivity index (χ1) is 8.62. The van der Waals surface area contributed by atoms with Crippen molar-refractivity contribution in [1.82, 2.24) is 14.3 Å². The summed E-state index contributed by atoms with van der Waals surface area (Å²) in [6.45, 7) is 1.96. The van der Waals surface area contributed by atoms with Gasteiger partial charge in [0.1, 0.15) is 0 Å². The van der Waals surface area contributed by atoms with E-state index in [0.29, 0.717) is 39.1 Å². The third kappa shape index (κ3) is 1.95. The van der Waals surface area contributed by atoms with Gasteiger partial charge in [0.05, 0.1) is 13.2 Å². The first-order valence-electron chi connectivity index (χ1n) is 5.90. The number of H-pyrrole nitrogens is 1. The molecule has 2 aliphatic heterocycles. The first kappa shape index (κ1) is 12.1. The number of piperidine rings is 1. The lowest BCUT2D eigenvalue weighted by Crippen LogP contribution is -2.47. The zero-order chi connectivity index (χ0) is 12.6. The molecule has 1 aromatic heterocycles. The Balaban J connectivity index is 1.73. The molecule has 0 saturated carbocycles. The number of hydrogen-bond acceptors (Lipinski definition) is 5. The fourth-order valence-electron chi connectivity index (χ4n) is 2.37. The van der Waals surface area contributed by atoms with Crippen LogP contribution in [0.3, 0.4) is 0 Å². The van der Waals surface area contributed by atoms with Gasteiger partial charge in [-0.25, -0.2) is 13.4 Å². The average Bonchev–Trinajstić information content (AvgIpc) is 3.01. The van der Waals surface area contributed by atoms with Crippen LogP contribution in [0, 0.1) is 0 Å². The Labute approximate surface area is 105 Å². The zero-order valence-corrected chi connectivity index (χ0v) is 10.6. The highest BCUT2D eigenvalue weighted by atomic mass is 32.2. The Morgan fingerprint density at radius 2 is 1.94 bits per heavy atom. The summed E-state index contributed by atoms with van der Waals surface area (Å²) in [5, 5.41) is -0.00768. The molecule has 0 amide bonds. The van der Waals surface area contributed by atoms with Gasteiger partial charge in [-0.15, -0.1) is 0 Å². The van der Waals surface area contributed by atoms with Gasteiger partial charge < -0.3 is 14.5 Å². The SMILES string of the molecule is O=S(=O)(c1ncc[nH]1)N1CCC2(CC1)OCCO2. The molecule has 3 heterocycles. The molecule has 2 saturated heterocycles. The fraction of sp³-hybridized carbons (Fsp3) is 0.700. The van der Waals surface area contributed by atoms with E-state index in [0.717, 1.165) is 0 Å². The molecule has 0 bridgehead atoms. The highest BCUT2D eigenvalue weighted by molar-refractivity contribution is 7.88. The van der Waals surface area contributed by atoms with Crippen molar-refractivity contribution in [2.24, 2.45) is 0 Å². The molecule has 0 aromatic carbocycles. The van der Waals surface area contributed by atoms with Crippen molar-refractivity contribution < 1.29 is 17.9 Å². The number of sulfonamides is 1. The van der Waals surface area contributed by atoms with Crippen molar-refractivity contribution in [3.05, 3.63) is 12.4 Å². The Morgan fingerprint density at radius 1 is 1.28 bits per heavy atom. The van der Waals surface area contributed by atoms with E-state index in [1.807, 2.05) is 0 Å². The van der Waals surface area contributed by atoms with Gasteiger partial charge in [-0.3, -0.25) is 0 Å². The summed E-state index contributed by atoms with van der Waals surface area (Å²) in [6.07, 6.45) is 4.06. The molecule has 3 rings (SSSR count). The minimum atomic E-state index is -3.51. The molecule has 0 aliphatic carbocycles. The maximum Gasteiger partial charge on any atom is 0.276 e. The van der Waals surface area contributed by atoms with Crippen LogP contribution in [-0.4, -0.2) is 54.8 Å². The second-order valence-corrected chi connectivity index (χ2v) is 6.26. The average molecular weight is 273 g/mol. The molecule has 2 fully saturated rings. The Hall–Kier alpha value is -0.960. The van der Waals surface area contributed by atoms with Gasteiger partial charge in [-0.1, -0.05) is 0 Å². The monoisotopic (exact) mass is 273 g/mol. The molecular formula is C10H15N3O4S. The van der Waals surface area contributed by atoms with Crippen LogP contribution in [0.5, 0.6) is 0 Å². The smallest absolute Gasteiger partial charge is 0.276 e. The van der Waals surface area contributed by atoms with Gasteiger partial charge in [0.2, 0.25) is 5.16 Å². The maximum absolute atomic E-state index is 12.2. The van der Waals surface area contributed by atoms with E-state index in [1.165, 1.54) is 16.7 Å². The molecule has 0 unspecified atom stereocenters. The van der Waals surface area contributed by atoms with E-state index in [2.05, 4.69) is 9.97 Å². The van der Waals surface area contributed by atoms with Crippen LogP contribution < -0.4 is 0 Å². The Kier molecular flexibility index (Phi) is 2.89. The van der Waals surface area contributed by atoms with Crippen molar-refractivity contribution in [2.45, 2.75) is 23.8 Å². The van der Waals surface area contributed by atoms with Crippen LogP contribution in [0.2, 0.25) is 0 Å². The lowest BCUT2D eigenvalue weighted by Gasteiger charge is -2.36. The lowest BCUT2D eigenvalue weighted by atomic mass is 10.1. The zero-order valence-electron chi connectivity index (χ0n) is 9.83. The van der Waals surface area contributed by atoms with Gasteiger partial charge in [0, 0.05) is 38.3 Å². The van der Waals surface area contributed by atoms with Gasteiger partial charge in [0.15, 0.2) is 5.79 Å². The van der Waals surface area contributed by atoms with E-state index in [1.54, 1.807) is 0 Å². The summed E-state index contributed by atoms with van der Waals surface area (Å²) in [7, 11) is -3.51. The van der Waals surface area contributed by atoms with E-state index < -0.39 is 15.8 Å². The van der Waals surface area contributed by atoms with Crippen molar-refractivity contribution >= 4 is 10.0 Å². The lowest BCUT2D eigenvalue weighted by molar-refractivity contribution is -0.179. The van der Waals surface area contributed by atoms with Gasteiger partial charge in [-0.05, 0) is 0 Å². The fourth-order valence-corrected chi connectivity index (χ4v) is 3.69. The first-order valence-corrected chi connectivity index (χ1v) is 7.34. The normalized spacial score (nSPS) is 24.7. The quantitative estimate of drug-likeness (QED) is 0.816. The number of nitrogens with one attached hydrogen (secondary N) is 1. The summed E-state index contributed by atoms with van der Waals surface area (Å²) in [5.41, 5.74) is 0. The molecule has 1 aromatic rings. The van der Waals surface area contributed by atoms with Crippen LogP contribution in [-0.2, 0) is 19.5 Å². The maximum atomic E-state index is 12.2. The number of rotatable bonds is 2. The third-order valence-electron chi connectivity index (χ3n) is 3.36. The Morgan fingerprint density at radius 3 is 2.50 bits per heavy atom. The Bertz CT molecular complexity index is 497. The van der Waals surface area contributed by atoms with Crippen LogP contribution in [0.15, 0.2) is 17.6 Å². The molecule has 0 atom stereocenters. The van der Waals surface area contributed by atoms with E-state index in [9.17, 15) is 8.42 Å². The van der Waals surface area contributed by atoms with E-state index in [-0.39, 0.29) is 5.16 Å². The molecule has 1 spiro atoms. The largest absolute Gasteiger partial charge is 0.347 e. The predicted octanol–water partition coefficient (Wildman–Crippen LogP) is -0.0627. The summed E-state index contributed by atoms with van der Waals surface area (Å²) < 4.78 is 37.0. The summed E-state index contributed by atoms with van der Waals surface area (Å²) >= 11 is 0. The number of hydrogen-bond donors (Lipinski definition) is 1. The molecule has 0 radical (unpaired) electrons. The second kappa shape index (κ2) is 4.30. The minimum Gasteiger partial charge on any atom is -0.347 e. The highest BCUT2D eigenvalue weighted by Gasteiger charge is 2.43. The number of nitrogens with zero attached hydrogens (tertiary/aromatic N) is 2. The van der Waals surface area contributed by atoms with E-state index in [4.69, 9.17) is 9.47 Å². The van der Waals surface area contributed by atoms with Crippen LogP contribution >= 0.6 is 0 Å². The molecule has 18 heavy (non-hydrogen) atoms. The van der Waals surface area contributed by atoms with Crippen LogP contribution in [0.1, 0.15) is 12.8 Å². The van der Waals surface area contributed by atoms with Crippen molar-refractivity contribution in [3.63, 3.8) is 0 Å². The molecule has 7 nitrogen and oxygen atoms in total. The molecule has 2 aliphatic rings. The second-order valence-electron chi connectivity index (χ2n) is 4.41. The minimum absolute atomic E-state index is 0.00768. The van der Waals surface area contributed by atoms with Gasteiger partial charge in [-0.2, -0.15) is 4.31 Å². The predicted molar refractivity (Wildman–Crippen MR) is 61.2 cm³/mol. The van der Waals surface area contributed by atoms with Crippen molar-refractivity contribution in [2.75, 3.05) is 26.3 Å². The number of aromatic nitrogens is 2. The third-order valence-corrected chi connectivity index (χ3v) is 5.11.